The van der Waals surface area contributed by atoms with E-state index in [4.69, 9.17) is 4.74 Å². The first-order valence-electron chi connectivity index (χ1n) is 10.0. The Bertz CT molecular complexity index is 753. The van der Waals surface area contributed by atoms with Crippen LogP contribution in [-0.2, 0) is 16.0 Å². The third-order valence-electron chi connectivity index (χ3n) is 5.74. The zero-order chi connectivity index (χ0) is 20.0. The molecule has 150 valence electrons. The van der Waals surface area contributed by atoms with E-state index in [9.17, 15) is 9.90 Å². The Hall–Kier alpha value is -2.24. The molecule has 3 rings (SSSR count). The van der Waals surface area contributed by atoms with E-state index in [0.717, 1.165) is 16.7 Å². The molecule has 1 saturated heterocycles. The van der Waals surface area contributed by atoms with Gasteiger partial charge in [0.1, 0.15) is 0 Å². The molecule has 1 atom stereocenters. The molecule has 0 spiro atoms. The fourth-order valence-electron chi connectivity index (χ4n) is 3.73. The van der Waals surface area contributed by atoms with Crippen LogP contribution in [-0.4, -0.2) is 41.9 Å². The maximum absolute atomic E-state index is 13.2. The van der Waals surface area contributed by atoms with Gasteiger partial charge < -0.3 is 15.2 Å². The van der Waals surface area contributed by atoms with E-state index in [1.165, 1.54) is 0 Å². The minimum absolute atomic E-state index is 0.0277. The highest BCUT2D eigenvalue weighted by atomic mass is 16.5. The number of hydrogen-bond donors (Lipinski definition) is 2. The minimum Gasteiger partial charge on any atom is -0.394 e. The molecule has 0 bridgehead atoms. The summed E-state index contributed by atoms with van der Waals surface area (Å²) in [6, 6.07) is 12.1. The number of pyridine rings is 1. The number of nitrogens with one attached hydrogen (secondary N) is 1. The maximum Gasteiger partial charge on any atom is 0.227 e. The minimum atomic E-state index is -0.490. The number of rotatable bonds is 7. The van der Waals surface area contributed by atoms with Crippen molar-refractivity contribution in [1.82, 2.24) is 10.3 Å². The van der Waals surface area contributed by atoms with Gasteiger partial charge in [0, 0.05) is 25.6 Å². The predicted octanol–water partition coefficient (Wildman–Crippen LogP) is 3.22. The number of aliphatic hydroxyl groups excluding tert-OH is 1. The van der Waals surface area contributed by atoms with Gasteiger partial charge in [-0.05, 0) is 47.9 Å². The molecule has 0 unspecified atom stereocenters. The molecule has 2 heterocycles. The summed E-state index contributed by atoms with van der Waals surface area (Å²) in [5.41, 5.74) is 2.84. The third kappa shape index (κ3) is 4.78. The lowest BCUT2D eigenvalue weighted by Crippen LogP contribution is -2.51. The third-order valence-corrected chi connectivity index (χ3v) is 5.74. The Morgan fingerprint density at radius 3 is 2.46 bits per heavy atom. The molecule has 1 amide bonds. The van der Waals surface area contributed by atoms with Crippen LogP contribution < -0.4 is 5.32 Å². The number of carbonyl (C=O) groups excluding carboxylic acids is 1. The second-order valence-electron chi connectivity index (χ2n) is 8.01. The van der Waals surface area contributed by atoms with Gasteiger partial charge in [0.25, 0.3) is 0 Å². The predicted molar refractivity (Wildman–Crippen MR) is 110 cm³/mol. The monoisotopic (exact) mass is 382 g/mol. The van der Waals surface area contributed by atoms with Crippen molar-refractivity contribution in [3.8, 4) is 11.1 Å². The van der Waals surface area contributed by atoms with E-state index >= 15 is 0 Å². The molecular formula is C23H30N2O3. The molecule has 1 aliphatic rings. The van der Waals surface area contributed by atoms with Crippen LogP contribution in [0.3, 0.4) is 0 Å². The number of nitrogens with zero attached hydrogens (tertiary/aromatic N) is 1. The largest absolute Gasteiger partial charge is 0.394 e. The van der Waals surface area contributed by atoms with Gasteiger partial charge >= 0.3 is 0 Å². The van der Waals surface area contributed by atoms with E-state index in [-0.39, 0.29) is 24.5 Å². The molecule has 2 aromatic rings. The number of carbonyl (C=O) groups is 1. The Morgan fingerprint density at radius 1 is 1.18 bits per heavy atom. The normalized spacial score (nSPS) is 17.3. The van der Waals surface area contributed by atoms with E-state index < -0.39 is 5.41 Å². The van der Waals surface area contributed by atoms with Crippen LogP contribution in [0.4, 0.5) is 0 Å². The summed E-state index contributed by atoms with van der Waals surface area (Å²) in [5.74, 6) is 0.212. The van der Waals surface area contributed by atoms with Crippen molar-refractivity contribution in [2.75, 3.05) is 19.8 Å². The first kappa shape index (κ1) is 20.5. The SMILES string of the molecule is CC(C)[C@@H](CO)NC(=O)C1(Cc2ccc(-c3cccnc3)cc2)CCOCC1. The summed E-state index contributed by atoms with van der Waals surface area (Å²) in [5, 5.41) is 12.7. The molecule has 1 aliphatic heterocycles. The molecule has 5 heteroatoms. The number of ether oxygens (including phenoxy) is 1. The number of aromatic nitrogens is 1. The molecule has 1 fully saturated rings. The quantitative estimate of drug-likeness (QED) is 0.771. The van der Waals surface area contributed by atoms with Crippen LogP contribution in [0.5, 0.6) is 0 Å². The average Bonchev–Trinajstić information content (AvgIpc) is 2.73. The molecule has 2 N–H and O–H groups in total. The second kappa shape index (κ2) is 9.30. The highest BCUT2D eigenvalue weighted by molar-refractivity contribution is 5.83. The smallest absolute Gasteiger partial charge is 0.227 e. The first-order valence-corrected chi connectivity index (χ1v) is 10.0. The lowest BCUT2D eigenvalue weighted by Gasteiger charge is -2.37. The maximum atomic E-state index is 13.2. The Labute approximate surface area is 167 Å². The molecule has 1 aromatic heterocycles. The number of amides is 1. The summed E-state index contributed by atoms with van der Waals surface area (Å²) < 4.78 is 5.53. The number of aliphatic hydroxyl groups is 1. The van der Waals surface area contributed by atoms with Crippen molar-refractivity contribution in [1.29, 1.82) is 0 Å². The van der Waals surface area contributed by atoms with Gasteiger partial charge in [-0.3, -0.25) is 9.78 Å². The van der Waals surface area contributed by atoms with Gasteiger partial charge in [0.2, 0.25) is 5.91 Å². The van der Waals surface area contributed by atoms with Crippen molar-refractivity contribution in [3.05, 3.63) is 54.4 Å². The van der Waals surface area contributed by atoms with Crippen LogP contribution >= 0.6 is 0 Å². The Kier molecular flexibility index (Phi) is 6.81. The van der Waals surface area contributed by atoms with E-state index in [0.29, 0.717) is 32.5 Å². The summed E-state index contributed by atoms with van der Waals surface area (Å²) >= 11 is 0. The first-order chi connectivity index (χ1) is 13.5. The topological polar surface area (TPSA) is 71.5 Å². The van der Waals surface area contributed by atoms with Crippen LogP contribution in [0.1, 0.15) is 32.3 Å². The van der Waals surface area contributed by atoms with Gasteiger partial charge in [-0.25, -0.2) is 0 Å². The van der Waals surface area contributed by atoms with Crippen LogP contribution in [0, 0.1) is 11.3 Å². The summed E-state index contributed by atoms with van der Waals surface area (Å²) in [7, 11) is 0. The average molecular weight is 383 g/mol. The van der Waals surface area contributed by atoms with Crippen LogP contribution in [0.15, 0.2) is 48.8 Å². The summed E-state index contributed by atoms with van der Waals surface area (Å²) in [6.45, 7) is 5.15. The summed E-state index contributed by atoms with van der Waals surface area (Å²) in [6.07, 6.45) is 5.68. The Morgan fingerprint density at radius 2 is 1.89 bits per heavy atom. The molecule has 0 radical (unpaired) electrons. The molecule has 5 nitrogen and oxygen atoms in total. The number of hydrogen-bond acceptors (Lipinski definition) is 4. The van der Waals surface area contributed by atoms with E-state index in [2.05, 4.69) is 34.6 Å². The Balaban J connectivity index is 1.77. The van der Waals surface area contributed by atoms with Crippen molar-refractivity contribution in [3.63, 3.8) is 0 Å². The van der Waals surface area contributed by atoms with Gasteiger partial charge in [0.05, 0.1) is 18.1 Å². The highest BCUT2D eigenvalue weighted by Crippen LogP contribution is 2.35. The molecule has 0 aliphatic carbocycles. The fourth-order valence-corrected chi connectivity index (χ4v) is 3.73. The van der Waals surface area contributed by atoms with Gasteiger partial charge in [-0.1, -0.05) is 44.2 Å². The van der Waals surface area contributed by atoms with Gasteiger partial charge in [-0.15, -0.1) is 0 Å². The van der Waals surface area contributed by atoms with Crippen molar-refractivity contribution >= 4 is 5.91 Å². The number of benzene rings is 1. The van der Waals surface area contributed by atoms with Crippen molar-refractivity contribution in [2.45, 2.75) is 39.2 Å². The molecular weight excluding hydrogens is 352 g/mol. The molecule has 28 heavy (non-hydrogen) atoms. The van der Waals surface area contributed by atoms with E-state index in [1.807, 2.05) is 32.2 Å². The van der Waals surface area contributed by atoms with Crippen LogP contribution in [0.25, 0.3) is 11.1 Å². The van der Waals surface area contributed by atoms with Crippen molar-refractivity contribution in [2.24, 2.45) is 11.3 Å². The second-order valence-corrected chi connectivity index (χ2v) is 8.01. The van der Waals surface area contributed by atoms with Gasteiger partial charge in [-0.2, -0.15) is 0 Å². The lowest BCUT2D eigenvalue weighted by atomic mass is 9.74. The lowest BCUT2D eigenvalue weighted by molar-refractivity contribution is -0.138. The molecule has 0 saturated carbocycles. The zero-order valence-electron chi connectivity index (χ0n) is 16.7. The van der Waals surface area contributed by atoms with Crippen molar-refractivity contribution < 1.29 is 14.6 Å². The zero-order valence-corrected chi connectivity index (χ0v) is 16.7. The highest BCUT2D eigenvalue weighted by Gasteiger charge is 2.41. The van der Waals surface area contributed by atoms with E-state index in [1.54, 1.807) is 6.20 Å². The fraction of sp³-hybridized carbons (Fsp3) is 0.478. The summed E-state index contributed by atoms with van der Waals surface area (Å²) in [4.78, 5) is 17.4. The standard InChI is InChI=1S/C23H30N2O3/c1-17(2)21(16-26)25-22(27)23(9-12-28-13-10-23)14-18-5-7-19(8-6-18)20-4-3-11-24-15-20/h3-8,11,15,17,21,26H,9-10,12-14,16H2,1-2H3,(H,25,27)/t21-/m1/s1. The van der Waals surface area contributed by atoms with Crippen LogP contribution in [0.2, 0.25) is 0 Å². The molecule has 1 aromatic carbocycles. The van der Waals surface area contributed by atoms with Gasteiger partial charge in [0.15, 0.2) is 0 Å².